The predicted octanol–water partition coefficient (Wildman–Crippen LogP) is 4.79. The van der Waals surface area contributed by atoms with Crippen LogP contribution >= 0.6 is 0 Å². The van der Waals surface area contributed by atoms with Gasteiger partial charge in [0.1, 0.15) is 6.10 Å². The summed E-state index contributed by atoms with van der Waals surface area (Å²) in [5, 5.41) is 0. The summed E-state index contributed by atoms with van der Waals surface area (Å²) in [5.41, 5.74) is 0.403. The summed E-state index contributed by atoms with van der Waals surface area (Å²) >= 11 is 0. The maximum Gasteiger partial charge on any atom is 0.157 e. The van der Waals surface area contributed by atoms with Crippen LogP contribution in [0.4, 0.5) is 0 Å². The molecular formula is C18H36O3. The Morgan fingerprint density at radius 3 is 2.43 bits per heavy atom. The third kappa shape index (κ3) is 11.1. The average molecular weight is 300 g/mol. The second-order valence-corrected chi connectivity index (χ2v) is 7.74. The molecule has 1 aliphatic rings. The molecule has 3 unspecified atom stereocenters. The summed E-state index contributed by atoms with van der Waals surface area (Å²) in [4.78, 5) is 0. The van der Waals surface area contributed by atoms with Crippen LogP contribution in [0.3, 0.4) is 0 Å². The first-order chi connectivity index (χ1) is 9.90. The molecule has 0 spiro atoms. The zero-order valence-corrected chi connectivity index (χ0v) is 14.8. The highest BCUT2D eigenvalue weighted by Crippen LogP contribution is 2.26. The minimum Gasteiger partial charge on any atom is -0.371 e. The second-order valence-electron chi connectivity index (χ2n) is 7.74. The van der Waals surface area contributed by atoms with Crippen molar-refractivity contribution >= 4 is 0 Å². The molecule has 1 rings (SSSR count). The SMILES string of the molecule is CCCCCC(OCCC(C)CC(C)(C)C)OCC1CO1. The molecule has 0 saturated carbocycles. The standard InChI is InChI=1S/C18H36O3/c1-6-7-8-9-17(21-14-16-13-20-16)19-11-10-15(2)12-18(3,4)5/h15-17H,6-14H2,1-5H3. The molecule has 1 saturated heterocycles. The van der Waals surface area contributed by atoms with Crippen LogP contribution in [0.1, 0.15) is 73.1 Å². The van der Waals surface area contributed by atoms with Crippen LogP contribution in [0, 0.1) is 11.3 Å². The molecule has 3 heteroatoms. The van der Waals surface area contributed by atoms with E-state index in [0.717, 1.165) is 26.1 Å². The van der Waals surface area contributed by atoms with E-state index in [1.807, 2.05) is 0 Å². The summed E-state index contributed by atoms with van der Waals surface area (Å²) < 4.78 is 17.0. The summed E-state index contributed by atoms with van der Waals surface area (Å²) in [6, 6.07) is 0. The van der Waals surface area contributed by atoms with Crippen LogP contribution in [0.25, 0.3) is 0 Å². The fraction of sp³-hybridized carbons (Fsp3) is 1.00. The highest BCUT2D eigenvalue weighted by atomic mass is 16.7. The lowest BCUT2D eigenvalue weighted by molar-refractivity contribution is -0.151. The normalized spacial score (nSPS) is 21.3. The van der Waals surface area contributed by atoms with E-state index in [1.165, 1.54) is 25.7 Å². The van der Waals surface area contributed by atoms with Gasteiger partial charge >= 0.3 is 0 Å². The van der Waals surface area contributed by atoms with Gasteiger partial charge in [0, 0.05) is 6.61 Å². The van der Waals surface area contributed by atoms with Crippen LogP contribution in [0.2, 0.25) is 0 Å². The molecule has 0 aromatic heterocycles. The van der Waals surface area contributed by atoms with Gasteiger partial charge in [-0.3, -0.25) is 0 Å². The number of epoxide rings is 1. The third-order valence-corrected chi connectivity index (χ3v) is 3.79. The molecule has 3 nitrogen and oxygen atoms in total. The number of hydrogen-bond acceptors (Lipinski definition) is 3. The molecule has 21 heavy (non-hydrogen) atoms. The van der Waals surface area contributed by atoms with Crippen molar-refractivity contribution in [3.05, 3.63) is 0 Å². The van der Waals surface area contributed by atoms with Gasteiger partial charge in [-0.15, -0.1) is 0 Å². The van der Waals surface area contributed by atoms with E-state index in [1.54, 1.807) is 0 Å². The molecule has 1 aliphatic heterocycles. The van der Waals surface area contributed by atoms with Crippen molar-refractivity contribution in [2.75, 3.05) is 19.8 Å². The maximum atomic E-state index is 5.97. The zero-order chi connectivity index (χ0) is 15.7. The van der Waals surface area contributed by atoms with Gasteiger partial charge in [-0.25, -0.2) is 0 Å². The molecule has 0 N–H and O–H groups in total. The minimum atomic E-state index is -0.0393. The quantitative estimate of drug-likeness (QED) is 0.295. The van der Waals surface area contributed by atoms with E-state index in [4.69, 9.17) is 14.2 Å². The Hall–Kier alpha value is -0.120. The van der Waals surface area contributed by atoms with E-state index in [-0.39, 0.29) is 6.29 Å². The molecule has 0 radical (unpaired) electrons. The molecular weight excluding hydrogens is 264 g/mol. The van der Waals surface area contributed by atoms with E-state index in [9.17, 15) is 0 Å². The monoisotopic (exact) mass is 300 g/mol. The van der Waals surface area contributed by atoms with Gasteiger partial charge in [0.05, 0.1) is 13.2 Å². The Morgan fingerprint density at radius 1 is 1.14 bits per heavy atom. The molecule has 0 aromatic rings. The average Bonchev–Trinajstić information content (AvgIpc) is 3.17. The second kappa shape index (κ2) is 9.81. The Morgan fingerprint density at radius 2 is 1.86 bits per heavy atom. The maximum absolute atomic E-state index is 5.97. The number of rotatable bonds is 12. The summed E-state index contributed by atoms with van der Waals surface area (Å²) in [6.45, 7) is 13.8. The number of ether oxygens (including phenoxy) is 3. The minimum absolute atomic E-state index is 0.0393. The Balaban J connectivity index is 2.16. The first-order valence-corrected chi connectivity index (χ1v) is 8.75. The lowest BCUT2D eigenvalue weighted by atomic mass is 9.84. The van der Waals surface area contributed by atoms with Crippen molar-refractivity contribution < 1.29 is 14.2 Å². The van der Waals surface area contributed by atoms with Crippen molar-refractivity contribution in [1.29, 1.82) is 0 Å². The van der Waals surface area contributed by atoms with Crippen LogP contribution in [0.5, 0.6) is 0 Å². The first kappa shape index (κ1) is 18.9. The van der Waals surface area contributed by atoms with Crippen LogP contribution < -0.4 is 0 Å². The van der Waals surface area contributed by atoms with Crippen molar-refractivity contribution in [2.24, 2.45) is 11.3 Å². The van der Waals surface area contributed by atoms with Crippen LogP contribution in [0.15, 0.2) is 0 Å². The summed E-state index contributed by atoms with van der Waals surface area (Å²) in [5.74, 6) is 0.702. The summed E-state index contributed by atoms with van der Waals surface area (Å²) in [7, 11) is 0. The van der Waals surface area contributed by atoms with Crippen molar-refractivity contribution in [1.82, 2.24) is 0 Å². The van der Waals surface area contributed by atoms with Crippen LogP contribution in [-0.2, 0) is 14.2 Å². The van der Waals surface area contributed by atoms with Crippen molar-refractivity contribution in [3.63, 3.8) is 0 Å². The van der Waals surface area contributed by atoms with Gasteiger partial charge in [-0.05, 0) is 37.0 Å². The van der Waals surface area contributed by atoms with Gasteiger partial charge < -0.3 is 14.2 Å². The Bertz CT molecular complexity index is 256. The molecule has 1 heterocycles. The van der Waals surface area contributed by atoms with Gasteiger partial charge in [0.15, 0.2) is 6.29 Å². The Kier molecular flexibility index (Phi) is 8.84. The topological polar surface area (TPSA) is 31.0 Å². The predicted molar refractivity (Wildman–Crippen MR) is 87.4 cm³/mol. The molecule has 0 aliphatic carbocycles. The largest absolute Gasteiger partial charge is 0.371 e. The van der Waals surface area contributed by atoms with Crippen molar-refractivity contribution in [3.8, 4) is 0 Å². The van der Waals surface area contributed by atoms with Gasteiger partial charge in [0.2, 0.25) is 0 Å². The zero-order valence-electron chi connectivity index (χ0n) is 14.8. The highest BCUT2D eigenvalue weighted by Gasteiger charge is 2.24. The lowest BCUT2D eigenvalue weighted by Gasteiger charge is -2.24. The first-order valence-electron chi connectivity index (χ1n) is 8.75. The summed E-state index contributed by atoms with van der Waals surface area (Å²) in [6.07, 6.45) is 7.33. The van der Waals surface area contributed by atoms with E-state index in [0.29, 0.717) is 24.0 Å². The molecule has 0 amide bonds. The van der Waals surface area contributed by atoms with Gasteiger partial charge in [-0.1, -0.05) is 47.5 Å². The van der Waals surface area contributed by atoms with E-state index >= 15 is 0 Å². The highest BCUT2D eigenvalue weighted by molar-refractivity contribution is 4.68. The third-order valence-electron chi connectivity index (χ3n) is 3.79. The lowest BCUT2D eigenvalue weighted by Crippen LogP contribution is -2.22. The number of hydrogen-bond donors (Lipinski definition) is 0. The molecule has 3 atom stereocenters. The molecule has 0 bridgehead atoms. The van der Waals surface area contributed by atoms with Crippen molar-refractivity contribution in [2.45, 2.75) is 85.5 Å². The fourth-order valence-electron chi connectivity index (χ4n) is 2.70. The molecule has 1 fully saturated rings. The van der Waals surface area contributed by atoms with E-state index in [2.05, 4.69) is 34.6 Å². The molecule has 0 aromatic carbocycles. The smallest absolute Gasteiger partial charge is 0.157 e. The van der Waals surface area contributed by atoms with Gasteiger partial charge in [0.25, 0.3) is 0 Å². The van der Waals surface area contributed by atoms with Gasteiger partial charge in [-0.2, -0.15) is 0 Å². The fourth-order valence-corrected chi connectivity index (χ4v) is 2.70. The molecule has 126 valence electrons. The Labute approximate surface area is 131 Å². The van der Waals surface area contributed by atoms with E-state index < -0.39 is 0 Å². The number of unbranched alkanes of at least 4 members (excludes halogenated alkanes) is 2. The van der Waals surface area contributed by atoms with Crippen LogP contribution in [-0.4, -0.2) is 32.2 Å².